The molecule has 0 bridgehead atoms. The summed E-state index contributed by atoms with van der Waals surface area (Å²) >= 11 is 0. The van der Waals surface area contributed by atoms with E-state index in [0.717, 1.165) is 12.8 Å². The first-order valence-electron chi connectivity index (χ1n) is 4.28. The van der Waals surface area contributed by atoms with E-state index in [9.17, 15) is 0 Å². The van der Waals surface area contributed by atoms with Gasteiger partial charge < -0.3 is 16.2 Å². The van der Waals surface area contributed by atoms with Crippen molar-refractivity contribution in [2.45, 2.75) is 51.0 Å². The number of nitrogens with two attached hydrogens (primary N) is 2. The molecule has 0 aromatic heterocycles. The zero-order chi connectivity index (χ0) is 8.43. The minimum Gasteiger partial charge on any atom is -0.372 e. The molecule has 0 spiro atoms. The van der Waals surface area contributed by atoms with Crippen LogP contribution in [0.4, 0.5) is 0 Å². The molecule has 0 aliphatic carbocycles. The van der Waals surface area contributed by atoms with E-state index in [0.29, 0.717) is 0 Å². The monoisotopic (exact) mass is 158 g/mol. The normalized spacial score (nSPS) is 42.0. The molecule has 1 rings (SSSR count). The van der Waals surface area contributed by atoms with Gasteiger partial charge >= 0.3 is 0 Å². The van der Waals surface area contributed by atoms with Crippen molar-refractivity contribution < 1.29 is 4.74 Å². The van der Waals surface area contributed by atoms with Crippen LogP contribution >= 0.6 is 0 Å². The molecule has 0 amide bonds. The van der Waals surface area contributed by atoms with Crippen LogP contribution in [0.15, 0.2) is 0 Å². The van der Waals surface area contributed by atoms with Crippen molar-refractivity contribution in [3.8, 4) is 0 Å². The summed E-state index contributed by atoms with van der Waals surface area (Å²) < 4.78 is 5.61. The van der Waals surface area contributed by atoms with Crippen molar-refractivity contribution >= 4 is 0 Å². The molecular weight excluding hydrogens is 140 g/mol. The molecule has 3 heteroatoms. The SMILES string of the molecule is C[C@H](N)[C@@H]1CC[C@@H](N)[C@@H](C)O1. The molecule has 1 fully saturated rings. The highest BCUT2D eigenvalue weighted by atomic mass is 16.5. The summed E-state index contributed by atoms with van der Waals surface area (Å²) in [6, 6.07) is 0.329. The van der Waals surface area contributed by atoms with E-state index in [4.69, 9.17) is 16.2 Å². The third-order valence-electron chi connectivity index (χ3n) is 2.36. The largest absolute Gasteiger partial charge is 0.372 e. The van der Waals surface area contributed by atoms with Gasteiger partial charge in [0, 0.05) is 12.1 Å². The van der Waals surface area contributed by atoms with Crippen LogP contribution in [0, 0.1) is 0 Å². The van der Waals surface area contributed by atoms with E-state index >= 15 is 0 Å². The number of ether oxygens (including phenoxy) is 1. The number of hydrogen-bond acceptors (Lipinski definition) is 3. The quantitative estimate of drug-likeness (QED) is 0.574. The van der Waals surface area contributed by atoms with Crippen molar-refractivity contribution in [3.63, 3.8) is 0 Å². The van der Waals surface area contributed by atoms with Gasteiger partial charge in [-0.3, -0.25) is 0 Å². The van der Waals surface area contributed by atoms with Crippen LogP contribution in [-0.2, 0) is 4.74 Å². The lowest BCUT2D eigenvalue weighted by Crippen LogP contribution is -2.47. The Morgan fingerprint density at radius 3 is 2.55 bits per heavy atom. The zero-order valence-corrected chi connectivity index (χ0v) is 7.29. The summed E-state index contributed by atoms with van der Waals surface area (Å²) in [5, 5.41) is 0. The van der Waals surface area contributed by atoms with Crippen LogP contribution < -0.4 is 11.5 Å². The maximum absolute atomic E-state index is 5.77. The Morgan fingerprint density at radius 2 is 2.09 bits per heavy atom. The average Bonchev–Trinajstić information content (AvgIpc) is 1.94. The smallest absolute Gasteiger partial charge is 0.0728 e. The van der Waals surface area contributed by atoms with Crippen LogP contribution in [-0.4, -0.2) is 24.3 Å². The number of hydrogen-bond donors (Lipinski definition) is 2. The van der Waals surface area contributed by atoms with E-state index < -0.39 is 0 Å². The number of rotatable bonds is 1. The summed E-state index contributed by atoms with van der Waals surface area (Å²) in [5.74, 6) is 0. The van der Waals surface area contributed by atoms with Gasteiger partial charge in [-0.05, 0) is 26.7 Å². The second-order valence-electron chi connectivity index (χ2n) is 3.48. The Hall–Kier alpha value is -0.120. The molecule has 1 saturated heterocycles. The first kappa shape index (κ1) is 8.97. The van der Waals surface area contributed by atoms with Gasteiger partial charge in [0.15, 0.2) is 0 Å². The molecule has 0 aromatic carbocycles. The minimum atomic E-state index is 0.130. The summed E-state index contributed by atoms with van der Waals surface area (Å²) in [4.78, 5) is 0. The Balaban J connectivity index is 2.40. The van der Waals surface area contributed by atoms with Crippen molar-refractivity contribution in [3.05, 3.63) is 0 Å². The van der Waals surface area contributed by atoms with Crippen LogP contribution in [0.2, 0.25) is 0 Å². The van der Waals surface area contributed by atoms with E-state index in [1.807, 2.05) is 13.8 Å². The average molecular weight is 158 g/mol. The Morgan fingerprint density at radius 1 is 1.45 bits per heavy atom. The Bertz CT molecular complexity index is 127. The van der Waals surface area contributed by atoms with Gasteiger partial charge in [0.2, 0.25) is 0 Å². The van der Waals surface area contributed by atoms with Crippen LogP contribution in [0.3, 0.4) is 0 Å². The molecule has 66 valence electrons. The maximum Gasteiger partial charge on any atom is 0.0728 e. The van der Waals surface area contributed by atoms with E-state index in [-0.39, 0.29) is 24.3 Å². The minimum absolute atomic E-state index is 0.130. The third-order valence-corrected chi connectivity index (χ3v) is 2.36. The van der Waals surface area contributed by atoms with E-state index in [1.165, 1.54) is 0 Å². The van der Waals surface area contributed by atoms with Gasteiger partial charge in [0.05, 0.1) is 12.2 Å². The lowest BCUT2D eigenvalue weighted by atomic mass is 9.97. The van der Waals surface area contributed by atoms with Gasteiger partial charge in [0.25, 0.3) is 0 Å². The fourth-order valence-corrected chi connectivity index (χ4v) is 1.42. The van der Waals surface area contributed by atoms with Crippen molar-refractivity contribution in [1.29, 1.82) is 0 Å². The summed E-state index contributed by atoms with van der Waals surface area (Å²) in [6.45, 7) is 3.99. The third kappa shape index (κ3) is 2.15. The summed E-state index contributed by atoms with van der Waals surface area (Å²) in [7, 11) is 0. The highest BCUT2D eigenvalue weighted by Gasteiger charge is 2.27. The van der Waals surface area contributed by atoms with Gasteiger partial charge in [-0.2, -0.15) is 0 Å². The molecule has 0 radical (unpaired) electrons. The molecule has 0 aromatic rings. The predicted molar refractivity (Wildman–Crippen MR) is 45.2 cm³/mol. The lowest BCUT2D eigenvalue weighted by Gasteiger charge is -2.34. The second kappa shape index (κ2) is 3.52. The predicted octanol–water partition coefficient (Wildman–Crippen LogP) is 0.228. The Labute approximate surface area is 68.1 Å². The highest BCUT2D eigenvalue weighted by Crippen LogP contribution is 2.19. The fourth-order valence-electron chi connectivity index (χ4n) is 1.42. The molecule has 11 heavy (non-hydrogen) atoms. The molecule has 1 aliphatic heterocycles. The summed E-state index contributed by atoms with van der Waals surface area (Å²) in [5.41, 5.74) is 11.5. The molecule has 4 atom stereocenters. The van der Waals surface area contributed by atoms with Crippen molar-refractivity contribution in [1.82, 2.24) is 0 Å². The molecule has 0 unspecified atom stereocenters. The first-order chi connectivity index (χ1) is 5.11. The Kier molecular flexibility index (Phi) is 2.87. The zero-order valence-electron chi connectivity index (χ0n) is 7.29. The van der Waals surface area contributed by atoms with Gasteiger partial charge in [0.1, 0.15) is 0 Å². The molecule has 1 heterocycles. The molecule has 4 N–H and O–H groups in total. The molecule has 1 aliphatic rings. The summed E-state index contributed by atoms with van der Waals surface area (Å²) in [6.07, 6.45) is 2.42. The molecule has 3 nitrogen and oxygen atoms in total. The first-order valence-corrected chi connectivity index (χ1v) is 4.28. The molecular formula is C8H18N2O. The maximum atomic E-state index is 5.77. The van der Waals surface area contributed by atoms with E-state index in [1.54, 1.807) is 0 Å². The fraction of sp³-hybridized carbons (Fsp3) is 1.00. The van der Waals surface area contributed by atoms with Gasteiger partial charge in [-0.1, -0.05) is 0 Å². The van der Waals surface area contributed by atoms with Crippen LogP contribution in [0.5, 0.6) is 0 Å². The van der Waals surface area contributed by atoms with Gasteiger partial charge in [-0.25, -0.2) is 0 Å². The standard InChI is InChI=1S/C8H18N2O/c1-5(9)8-4-3-7(10)6(2)11-8/h5-8H,3-4,9-10H2,1-2H3/t5-,6+,7+,8-/m0/s1. The van der Waals surface area contributed by atoms with Gasteiger partial charge in [-0.15, -0.1) is 0 Å². The topological polar surface area (TPSA) is 61.3 Å². The van der Waals surface area contributed by atoms with Crippen molar-refractivity contribution in [2.24, 2.45) is 11.5 Å². The second-order valence-corrected chi connectivity index (χ2v) is 3.48. The van der Waals surface area contributed by atoms with Crippen molar-refractivity contribution in [2.75, 3.05) is 0 Å². The van der Waals surface area contributed by atoms with E-state index in [2.05, 4.69) is 0 Å². The molecule has 0 saturated carbocycles. The highest BCUT2D eigenvalue weighted by molar-refractivity contribution is 4.82. The van der Waals surface area contributed by atoms with Crippen LogP contribution in [0.25, 0.3) is 0 Å². The van der Waals surface area contributed by atoms with Crippen LogP contribution in [0.1, 0.15) is 26.7 Å². The lowest BCUT2D eigenvalue weighted by molar-refractivity contribution is -0.0594.